The molecule has 0 atom stereocenters. The van der Waals surface area contributed by atoms with Crippen LogP contribution in [0.5, 0.6) is 0 Å². The number of rotatable bonds is 6. The summed E-state index contributed by atoms with van der Waals surface area (Å²) in [7, 11) is -1.64. The average Bonchev–Trinajstić information content (AvgIpc) is 2.84. The Kier molecular flexibility index (Phi) is 4.53. The van der Waals surface area contributed by atoms with Gasteiger partial charge in [0.1, 0.15) is 0 Å². The van der Waals surface area contributed by atoms with E-state index in [9.17, 15) is 8.42 Å². The topological polar surface area (TPSA) is 90.0 Å². The predicted molar refractivity (Wildman–Crippen MR) is 76.4 cm³/mol. The van der Waals surface area contributed by atoms with Crippen LogP contribution in [0.25, 0.3) is 0 Å². The Bertz CT molecular complexity index is 662. The minimum Gasteiger partial charge on any atom is -0.326 e. The maximum Gasteiger partial charge on any atom is 0.240 e. The molecule has 108 valence electrons. The lowest BCUT2D eigenvalue weighted by Crippen LogP contribution is -2.25. The van der Waals surface area contributed by atoms with E-state index in [1.54, 1.807) is 35.1 Å². The Morgan fingerprint density at radius 2 is 1.95 bits per heavy atom. The molecule has 0 bridgehead atoms. The molecule has 0 radical (unpaired) electrons. The van der Waals surface area contributed by atoms with E-state index in [4.69, 9.17) is 5.73 Å². The summed E-state index contributed by atoms with van der Waals surface area (Å²) in [6, 6.07) is 6.56. The van der Waals surface area contributed by atoms with E-state index >= 15 is 0 Å². The van der Waals surface area contributed by atoms with E-state index in [2.05, 4.69) is 9.82 Å². The van der Waals surface area contributed by atoms with Gasteiger partial charge in [0.05, 0.1) is 11.1 Å². The molecule has 1 heterocycles. The molecule has 2 aromatic rings. The van der Waals surface area contributed by atoms with Crippen LogP contribution in [0.4, 0.5) is 0 Å². The van der Waals surface area contributed by atoms with Crippen LogP contribution in [0.15, 0.2) is 41.6 Å². The van der Waals surface area contributed by atoms with E-state index in [0.29, 0.717) is 19.5 Å². The van der Waals surface area contributed by atoms with Crippen molar-refractivity contribution in [1.29, 1.82) is 0 Å². The summed E-state index contributed by atoms with van der Waals surface area (Å²) < 4.78 is 28.4. The number of nitrogens with two attached hydrogens (primary N) is 1. The van der Waals surface area contributed by atoms with Crippen molar-refractivity contribution in [2.75, 3.05) is 6.54 Å². The van der Waals surface area contributed by atoms with Crippen molar-refractivity contribution in [2.24, 2.45) is 12.8 Å². The van der Waals surface area contributed by atoms with Crippen LogP contribution in [0.3, 0.4) is 0 Å². The molecule has 0 unspecified atom stereocenters. The highest BCUT2D eigenvalue weighted by Gasteiger charge is 2.13. The van der Waals surface area contributed by atoms with Crippen molar-refractivity contribution < 1.29 is 8.42 Å². The summed E-state index contributed by atoms with van der Waals surface area (Å²) in [5.74, 6) is 0. The van der Waals surface area contributed by atoms with Gasteiger partial charge in [-0.3, -0.25) is 4.68 Å². The lowest BCUT2D eigenvalue weighted by molar-refractivity contribution is 0.581. The van der Waals surface area contributed by atoms with Gasteiger partial charge in [-0.25, -0.2) is 13.1 Å². The Morgan fingerprint density at radius 1 is 1.25 bits per heavy atom. The largest absolute Gasteiger partial charge is 0.326 e. The summed E-state index contributed by atoms with van der Waals surface area (Å²) in [5, 5.41) is 4.04. The summed E-state index contributed by atoms with van der Waals surface area (Å²) >= 11 is 0. The van der Waals surface area contributed by atoms with Gasteiger partial charge in [-0.1, -0.05) is 12.1 Å². The Hall–Kier alpha value is -1.70. The Labute approximate surface area is 118 Å². The summed E-state index contributed by atoms with van der Waals surface area (Å²) in [5.41, 5.74) is 7.38. The van der Waals surface area contributed by atoms with E-state index in [1.165, 1.54) is 0 Å². The van der Waals surface area contributed by atoms with E-state index in [-0.39, 0.29) is 4.90 Å². The van der Waals surface area contributed by atoms with Crippen LogP contribution >= 0.6 is 0 Å². The van der Waals surface area contributed by atoms with Crippen molar-refractivity contribution in [1.82, 2.24) is 14.5 Å². The van der Waals surface area contributed by atoms with Crippen molar-refractivity contribution in [3.8, 4) is 0 Å². The molecule has 3 N–H and O–H groups in total. The molecule has 0 fully saturated rings. The van der Waals surface area contributed by atoms with Gasteiger partial charge in [0.25, 0.3) is 0 Å². The number of aromatic nitrogens is 2. The zero-order valence-corrected chi connectivity index (χ0v) is 12.1. The third-order valence-corrected chi connectivity index (χ3v) is 4.41. The smallest absolute Gasteiger partial charge is 0.240 e. The highest BCUT2D eigenvalue weighted by atomic mass is 32.2. The molecule has 0 aliphatic heterocycles. The van der Waals surface area contributed by atoms with Crippen molar-refractivity contribution in [2.45, 2.75) is 17.9 Å². The molecule has 6 nitrogen and oxygen atoms in total. The first kappa shape index (κ1) is 14.7. The van der Waals surface area contributed by atoms with Gasteiger partial charge in [0, 0.05) is 26.3 Å². The van der Waals surface area contributed by atoms with Crippen molar-refractivity contribution in [3.63, 3.8) is 0 Å². The molecular weight excluding hydrogens is 276 g/mol. The molecule has 1 aromatic carbocycles. The summed E-state index contributed by atoms with van der Waals surface area (Å²) in [6.45, 7) is 0.738. The fourth-order valence-electron chi connectivity index (χ4n) is 1.82. The molecule has 0 aliphatic carbocycles. The zero-order chi connectivity index (χ0) is 14.6. The van der Waals surface area contributed by atoms with Gasteiger partial charge < -0.3 is 5.73 Å². The zero-order valence-electron chi connectivity index (χ0n) is 11.3. The first-order chi connectivity index (χ1) is 9.51. The maximum atomic E-state index is 12.1. The van der Waals surface area contributed by atoms with Gasteiger partial charge in [0.15, 0.2) is 0 Å². The Balaban J connectivity index is 1.96. The fraction of sp³-hybridized carbons (Fsp3) is 0.308. The van der Waals surface area contributed by atoms with Crippen LogP contribution in [0, 0.1) is 0 Å². The molecule has 0 saturated heterocycles. The third-order valence-electron chi connectivity index (χ3n) is 2.93. The van der Waals surface area contributed by atoms with Gasteiger partial charge >= 0.3 is 0 Å². The van der Waals surface area contributed by atoms with E-state index in [0.717, 1.165) is 11.1 Å². The molecule has 2 rings (SSSR count). The van der Waals surface area contributed by atoms with Gasteiger partial charge in [-0.15, -0.1) is 0 Å². The number of hydrogen-bond donors (Lipinski definition) is 2. The molecule has 1 aromatic heterocycles. The van der Waals surface area contributed by atoms with Crippen molar-refractivity contribution in [3.05, 3.63) is 47.8 Å². The normalized spacial score (nSPS) is 11.7. The second-order valence-electron chi connectivity index (χ2n) is 4.52. The molecule has 0 amide bonds. The minimum atomic E-state index is -3.47. The standard InChI is InChI=1S/C13H18N4O2S/c1-17-10-12(9-15-17)6-7-16-20(18,19)13-4-2-11(8-14)3-5-13/h2-5,9-10,16H,6-8,14H2,1H3. The summed E-state index contributed by atoms with van der Waals surface area (Å²) in [6.07, 6.45) is 4.20. The number of nitrogens with zero attached hydrogens (tertiary/aromatic N) is 2. The molecule has 7 heteroatoms. The molecule has 20 heavy (non-hydrogen) atoms. The lowest BCUT2D eigenvalue weighted by atomic mass is 10.2. The molecule has 0 aliphatic rings. The van der Waals surface area contributed by atoms with Crippen LogP contribution in [0.2, 0.25) is 0 Å². The second kappa shape index (κ2) is 6.17. The van der Waals surface area contributed by atoms with Crippen LogP contribution in [-0.2, 0) is 30.0 Å². The molecular formula is C13H18N4O2S. The third kappa shape index (κ3) is 3.66. The molecule has 0 saturated carbocycles. The van der Waals surface area contributed by atoms with Crippen LogP contribution < -0.4 is 10.5 Å². The monoisotopic (exact) mass is 294 g/mol. The fourth-order valence-corrected chi connectivity index (χ4v) is 2.85. The van der Waals surface area contributed by atoms with E-state index < -0.39 is 10.0 Å². The Morgan fingerprint density at radius 3 is 2.50 bits per heavy atom. The van der Waals surface area contributed by atoms with Gasteiger partial charge in [-0.05, 0) is 29.7 Å². The quantitative estimate of drug-likeness (QED) is 0.807. The van der Waals surface area contributed by atoms with Gasteiger partial charge in [0.2, 0.25) is 10.0 Å². The van der Waals surface area contributed by atoms with Gasteiger partial charge in [-0.2, -0.15) is 5.10 Å². The SMILES string of the molecule is Cn1cc(CCNS(=O)(=O)c2ccc(CN)cc2)cn1. The van der Waals surface area contributed by atoms with Crippen molar-refractivity contribution >= 4 is 10.0 Å². The molecule has 0 spiro atoms. The number of nitrogens with one attached hydrogen (secondary N) is 1. The number of aryl methyl sites for hydroxylation is 1. The predicted octanol–water partition coefficient (Wildman–Crippen LogP) is 0.400. The van der Waals surface area contributed by atoms with E-state index in [1.807, 2.05) is 13.2 Å². The first-order valence-electron chi connectivity index (χ1n) is 6.27. The number of benzene rings is 1. The number of hydrogen-bond acceptors (Lipinski definition) is 4. The van der Waals surface area contributed by atoms with Crippen LogP contribution in [-0.4, -0.2) is 24.7 Å². The minimum absolute atomic E-state index is 0.251. The summed E-state index contributed by atoms with van der Waals surface area (Å²) in [4.78, 5) is 0.251. The lowest BCUT2D eigenvalue weighted by Gasteiger charge is -2.06. The average molecular weight is 294 g/mol. The number of sulfonamides is 1. The highest BCUT2D eigenvalue weighted by Crippen LogP contribution is 2.10. The van der Waals surface area contributed by atoms with Crippen LogP contribution in [0.1, 0.15) is 11.1 Å². The maximum absolute atomic E-state index is 12.1. The second-order valence-corrected chi connectivity index (χ2v) is 6.29. The highest BCUT2D eigenvalue weighted by molar-refractivity contribution is 7.89. The first-order valence-corrected chi connectivity index (χ1v) is 7.76.